The Hall–Kier alpha value is -2.73. The smallest absolute Gasteiger partial charge is 0.315 e. The van der Waals surface area contributed by atoms with E-state index in [2.05, 4.69) is 58.9 Å². The zero-order valence-corrected chi connectivity index (χ0v) is 18.4. The first-order valence-corrected chi connectivity index (χ1v) is 10.6. The molecular weight excluding hydrogens is 378 g/mol. The van der Waals surface area contributed by atoms with Crippen LogP contribution in [0, 0.1) is 0 Å². The highest BCUT2D eigenvalue weighted by molar-refractivity contribution is 5.74. The Kier molecular flexibility index (Phi) is 7.57. The molecule has 0 fully saturated rings. The van der Waals surface area contributed by atoms with Gasteiger partial charge in [0.1, 0.15) is 0 Å². The van der Waals surface area contributed by atoms with Crippen molar-refractivity contribution in [2.24, 2.45) is 0 Å². The second-order valence-electron chi connectivity index (χ2n) is 7.75. The third kappa shape index (κ3) is 5.05. The summed E-state index contributed by atoms with van der Waals surface area (Å²) in [5.74, 6) is 1.46. The first-order chi connectivity index (χ1) is 14.6. The summed E-state index contributed by atoms with van der Waals surface area (Å²) in [5, 5.41) is 6.06. The quantitative estimate of drug-likeness (QED) is 0.692. The Bertz CT molecular complexity index is 841. The minimum atomic E-state index is -0.128. The number of benzene rings is 2. The lowest BCUT2D eigenvalue weighted by Gasteiger charge is -2.41. The summed E-state index contributed by atoms with van der Waals surface area (Å²) >= 11 is 0. The Morgan fingerprint density at radius 3 is 2.53 bits per heavy atom. The number of fused-ring (bicyclic) bond motifs is 1. The Morgan fingerprint density at radius 1 is 1.17 bits per heavy atom. The summed E-state index contributed by atoms with van der Waals surface area (Å²) in [6.45, 7) is 6.51. The van der Waals surface area contributed by atoms with Crippen LogP contribution in [0.2, 0.25) is 0 Å². The predicted molar refractivity (Wildman–Crippen MR) is 119 cm³/mol. The van der Waals surface area contributed by atoms with Gasteiger partial charge in [0.15, 0.2) is 11.5 Å². The Labute approximate surface area is 179 Å². The van der Waals surface area contributed by atoms with Gasteiger partial charge in [-0.1, -0.05) is 37.3 Å². The second kappa shape index (κ2) is 10.3. The van der Waals surface area contributed by atoms with Crippen LogP contribution >= 0.6 is 0 Å². The number of rotatable bonds is 8. The van der Waals surface area contributed by atoms with E-state index in [0.717, 1.165) is 31.7 Å². The van der Waals surface area contributed by atoms with Crippen molar-refractivity contribution >= 4 is 6.03 Å². The van der Waals surface area contributed by atoms with E-state index in [9.17, 15) is 4.79 Å². The molecule has 30 heavy (non-hydrogen) atoms. The molecule has 1 aliphatic rings. The van der Waals surface area contributed by atoms with Crippen LogP contribution in [0.1, 0.15) is 43.0 Å². The lowest BCUT2D eigenvalue weighted by atomic mass is 9.87. The molecule has 1 aliphatic heterocycles. The number of nitrogens with zero attached hydrogens (tertiary/aromatic N) is 1. The van der Waals surface area contributed by atoms with Gasteiger partial charge in [0, 0.05) is 25.7 Å². The van der Waals surface area contributed by atoms with E-state index < -0.39 is 0 Å². The molecule has 0 saturated carbocycles. The van der Waals surface area contributed by atoms with Crippen molar-refractivity contribution in [1.29, 1.82) is 0 Å². The molecule has 162 valence electrons. The zero-order valence-electron chi connectivity index (χ0n) is 18.4. The van der Waals surface area contributed by atoms with Gasteiger partial charge < -0.3 is 20.1 Å². The van der Waals surface area contributed by atoms with E-state index >= 15 is 0 Å². The zero-order chi connectivity index (χ0) is 21.5. The van der Waals surface area contributed by atoms with Gasteiger partial charge in [-0.2, -0.15) is 0 Å². The topological polar surface area (TPSA) is 62.8 Å². The Morgan fingerprint density at radius 2 is 1.87 bits per heavy atom. The maximum absolute atomic E-state index is 12.4. The van der Waals surface area contributed by atoms with Crippen molar-refractivity contribution in [3.05, 3.63) is 59.2 Å². The molecule has 2 aromatic rings. The van der Waals surface area contributed by atoms with E-state index in [1.807, 2.05) is 13.0 Å². The van der Waals surface area contributed by atoms with Crippen LogP contribution in [0.15, 0.2) is 42.5 Å². The number of nitrogens with one attached hydrogen (secondary N) is 2. The minimum Gasteiger partial charge on any atom is -0.493 e. The van der Waals surface area contributed by atoms with E-state index in [-0.39, 0.29) is 18.1 Å². The summed E-state index contributed by atoms with van der Waals surface area (Å²) in [7, 11) is 3.32. The van der Waals surface area contributed by atoms with Crippen LogP contribution in [0.3, 0.4) is 0 Å². The van der Waals surface area contributed by atoms with Crippen LogP contribution in [0.4, 0.5) is 4.79 Å². The number of hydrogen-bond acceptors (Lipinski definition) is 4. The molecule has 2 N–H and O–H groups in total. The SMILES string of the molecule is CCCNC(=O)N[C@H](C)[C@H]1c2cc(OC)c(OC)cc2CCN1Cc1ccccc1. The summed E-state index contributed by atoms with van der Waals surface area (Å²) in [6, 6.07) is 14.4. The highest BCUT2D eigenvalue weighted by Gasteiger charge is 2.33. The fourth-order valence-corrected chi connectivity index (χ4v) is 4.18. The second-order valence-corrected chi connectivity index (χ2v) is 7.75. The van der Waals surface area contributed by atoms with Crippen LogP contribution in [0.5, 0.6) is 11.5 Å². The van der Waals surface area contributed by atoms with E-state index in [0.29, 0.717) is 12.3 Å². The van der Waals surface area contributed by atoms with Crippen molar-refractivity contribution < 1.29 is 14.3 Å². The highest BCUT2D eigenvalue weighted by atomic mass is 16.5. The fourth-order valence-electron chi connectivity index (χ4n) is 4.18. The molecule has 0 aromatic heterocycles. The molecule has 0 spiro atoms. The van der Waals surface area contributed by atoms with Gasteiger partial charge in [0.05, 0.1) is 20.3 Å². The summed E-state index contributed by atoms with van der Waals surface area (Å²) in [5.41, 5.74) is 3.68. The van der Waals surface area contributed by atoms with Gasteiger partial charge >= 0.3 is 6.03 Å². The first-order valence-electron chi connectivity index (χ1n) is 10.6. The number of methoxy groups -OCH3 is 2. The Balaban J connectivity index is 1.93. The van der Waals surface area contributed by atoms with Crippen molar-refractivity contribution in [3.8, 4) is 11.5 Å². The molecule has 2 amide bonds. The third-order valence-corrected chi connectivity index (χ3v) is 5.62. The molecule has 3 rings (SSSR count). The van der Waals surface area contributed by atoms with Crippen LogP contribution in [-0.2, 0) is 13.0 Å². The van der Waals surface area contributed by atoms with Gasteiger partial charge in [-0.05, 0) is 48.6 Å². The van der Waals surface area contributed by atoms with Gasteiger partial charge in [-0.15, -0.1) is 0 Å². The molecule has 6 nitrogen and oxygen atoms in total. The molecule has 0 radical (unpaired) electrons. The molecule has 2 atom stereocenters. The number of hydrogen-bond donors (Lipinski definition) is 2. The number of ether oxygens (including phenoxy) is 2. The highest BCUT2D eigenvalue weighted by Crippen LogP contribution is 2.40. The van der Waals surface area contributed by atoms with Crippen LogP contribution in [-0.4, -0.2) is 44.3 Å². The molecule has 2 aromatic carbocycles. The third-order valence-electron chi connectivity index (χ3n) is 5.62. The monoisotopic (exact) mass is 411 g/mol. The average Bonchev–Trinajstić information content (AvgIpc) is 2.77. The minimum absolute atomic E-state index is 0.0288. The average molecular weight is 412 g/mol. The predicted octanol–water partition coefficient (Wildman–Crippen LogP) is 3.90. The lowest BCUT2D eigenvalue weighted by molar-refractivity contribution is 0.143. The number of amides is 2. The lowest BCUT2D eigenvalue weighted by Crippen LogP contribution is -2.49. The summed E-state index contributed by atoms with van der Waals surface area (Å²) < 4.78 is 11.1. The molecule has 0 bridgehead atoms. The van der Waals surface area contributed by atoms with Gasteiger partial charge in [0.2, 0.25) is 0 Å². The van der Waals surface area contributed by atoms with Gasteiger partial charge in [-0.3, -0.25) is 4.90 Å². The first kappa shape index (κ1) is 22.0. The molecular formula is C24H33N3O3. The summed E-state index contributed by atoms with van der Waals surface area (Å²) in [6.07, 6.45) is 1.83. The number of carbonyl (C=O) groups excluding carboxylic acids is 1. The molecule has 1 heterocycles. The van der Waals surface area contributed by atoms with Crippen molar-refractivity contribution in [2.75, 3.05) is 27.3 Å². The fraction of sp³-hybridized carbons (Fsp3) is 0.458. The molecule has 0 saturated heterocycles. The van der Waals surface area contributed by atoms with Crippen LogP contribution in [0.25, 0.3) is 0 Å². The van der Waals surface area contributed by atoms with Crippen molar-refractivity contribution in [1.82, 2.24) is 15.5 Å². The maximum Gasteiger partial charge on any atom is 0.315 e. The molecule has 0 aliphatic carbocycles. The van der Waals surface area contributed by atoms with Crippen molar-refractivity contribution in [3.63, 3.8) is 0 Å². The molecule has 6 heteroatoms. The largest absolute Gasteiger partial charge is 0.493 e. The van der Waals surface area contributed by atoms with E-state index in [4.69, 9.17) is 9.47 Å². The summed E-state index contributed by atoms with van der Waals surface area (Å²) in [4.78, 5) is 14.8. The molecule has 0 unspecified atom stereocenters. The van der Waals surface area contributed by atoms with E-state index in [1.54, 1.807) is 14.2 Å². The number of carbonyl (C=O) groups is 1. The van der Waals surface area contributed by atoms with Gasteiger partial charge in [0.25, 0.3) is 0 Å². The maximum atomic E-state index is 12.4. The van der Waals surface area contributed by atoms with E-state index in [1.165, 1.54) is 16.7 Å². The normalized spacial score (nSPS) is 17.0. The standard InChI is InChI=1S/C24H33N3O3/c1-5-12-25-24(28)26-17(2)23-20-15-22(30-4)21(29-3)14-19(20)11-13-27(23)16-18-9-7-6-8-10-18/h6-10,14-15,17,23H,5,11-13,16H2,1-4H3,(H2,25,26,28)/t17-,23+/m1/s1. The number of urea groups is 1. The van der Waals surface area contributed by atoms with Crippen molar-refractivity contribution in [2.45, 2.75) is 45.3 Å². The van der Waals surface area contributed by atoms with Gasteiger partial charge in [-0.25, -0.2) is 4.79 Å². The van der Waals surface area contributed by atoms with Crippen LogP contribution < -0.4 is 20.1 Å².